The summed E-state index contributed by atoms with van der Waals surface area (Å²) in [5.74, 6) is -1.12. The summed E-state index contributed by atoms with van der Waals surface area (Å²) in [6.45, 7) is 3.25. The molecule has 1 unspecified atom stereocenters. The van der Waals surface area contributed by atoms with Crippen LogP contribution >= 0.6 is 0 Å². The molecule has 1 aliphatic rings. The van der Waals surface area contributed by atoms with Gasteiger partial charge in [-0.05, 0) is 61.9 Å². The Morgan fingerprint density at radius 1 is 1.14 bits per heavy atom. The van der Waals surface area contributed by atoms with Crippen LogP contribution in [-0.4, -0.2) is 33.8 Å². The summed E-state index contributed by atoms with van der Waals surface area (Å²) in [5.41, 5.74) is 6.02. The standard InChI is InChI=1S/C25H24F2N4O3S/c1-24(14-35(33)25(2,23(28)31-24)15-5-4-6-16(26)11-15)19-12-17(7-9-20(19)27)30-22(32)21-10-8-18(34-3)13-29-21/h4-13H,14H2,1-3H3,(H2,28,31)(H,30,32)/t24-,25+,35?/m0/s1. The molecule has 3 N–H and O–H groups in total. The molecule has 3 aromatic rings. The molecule has 0 saturated carbocycles. The molecule has 0 saturated heterocycles. The van der Waals surface area contributed by atoms with Crippen LogP contribution in [0, 0.1) is 11.6 Å². The van der Waals surface area contributed by atoms with Crippen LogP contribution in [0.3, 0.4) is 0 Å². The van der Waals surface area contributed by atoms with Crippen LogP contribution in [0.15, 0.2) is 65.8 Å². The van der Waals surface area contributed by atoms with Crippen LogP contribution in [0.4, 0.5) is 14.5 Å². The van der Waals surface area contributed by atoms with Gasteiger partial charge >= 0.3 is 0 Å². The number of aliphatic imine (C=N–C) groups is 1. The van der Waals surface area contributed by atoms with Crippen LogP contribution in [0.2, 0.25) is 0 Å². The minimum atomic E-state index is -1.66. The number of hydrogen-bond donors (Lipinski definition) is 2. The molecule has 1 aliphatic heterocycles. The van der Waals surface area contributed by atoms with Crippen molar-refractivity contribution in [3.05, 3.63) is 89.2 Å². The van der Waals surface area contributed by atoms with E-state index in [4.69, 9.17) is 10.5 Å². The highest BCUT2D eigenvalue weighted by molar-refractivity contribution is 7.87. The highest BCUT2D eigenvalue weighted by Gasteiger charge is 2.48. The molecule has 3 atom stereocenters. The zero-order chi connectivity index (χ0) is 25.4. The normalized spacial score (nSPS) is 23.9. The minimum Gasteiger partial charge on any atom is -0.495 e. The monoisotopic (exact) mass is 498 g/mol. The summed E-state index contributed by atoms with van der Waals surface area (Å²) < 4.78 is 46.1. The first-order chi connectivity index (χ1) is 16.6. The molecule has 0 spiro atoms. The van der Waals surface area contributed by atoms with Gasteiger partial charge in [0, 0.05) is 22.1 Å². The van der Waals surface area contributed by atoms with Crippen molar-refractivity contribution in [1.29, 1.82) is 0 Å². The Morgan fingerprint density at radius 3 is 2.54 bits per heavy atom. The van der Waals surface area contributed by atoms with Crippen molar-refractivity contribution in [2.45, 2.75) is 24.1 Å². The third-order valence-electron chi connectivity index (χ3n) is 6.11. The number of rotatable bonds is 5. The van der Waals surface area contributed by atoms with Gasteiger partial charge in [0.1, 0.15) is 33.7 Å². The number of anilines is 1. The first-order valence-corrected chi connectivity index (χ1v) is 12.0. The van der Waals surface area contributed by atoms with Crippen molar-refractivity contribution in [2.75, 3.05) is 18.2 Å². The molecule has 0 radical (unpaired) electrons. The first kappa shape index (κ1) is 24.5. The van der Waals surface area contributed by atoms with Crippen LogP contribution in [0.1, 0.15) is 35.5 Å². The number of aromatic nitrogens is 1. The highest BCUT2D eigenvalue weighted by Crippen LogP contribution is 2.41. The summed E-state index contributed by atoms with van der Waals surface area (Å²) in [7, 11) is -0.168. The van der Waals surface area contributed by atoms with Crippen molar-refractivity contribution in [2.24, 2.45) is 10.7 Å². The van der Waals surface area contributed by atoms with E-state index in [2.05, 4.69) is 15.3 Å². The topological polar surface area (TPSA) is 107 Å². The lowest BCUT2D eigenvalue weighted by Crippen LogP contribution is -2.52. The molecule has 2 aromatic carbocycles. The molecule has 10 heteroatoms. The summed E-state index contributed by atoms with van der Waals surface area (Å²) >= 11 is 0. The summed E-state index contributed by atoms with van der Waals surface area (Å²) in [6, 6.07) is 12.9. The Kier molecular flexibility index (Phi) is 6.42. The van der Waals surface area contributed by atoms with E-state index in [0.717, 1.165) is 0 Å². The average Bonchev–Trinajstić information content (AvgIpc) is 2.83. The lowest BCUT2D eigenvalue weighted by Gasteiger charge is -2.39. The van der Waals surface area contributed by atoms with Crippen molar-refractivity contribution in [3.8, 4) is 5.75 Å². The fourth-order valence-corrected chi connectivity index (χ4v) is 5.66. The van der Waals surface area contributed by atoms with Crippen molar-refractivity contribution in [3.63, 3.8) is 0 Å². The van der Waals surface area contributed by atoms with E-state index in [0.29, 0.717) is 17.0 Å². The second-order valence-corrected chi connectivity index (χ2v) is 10.3. The molecule has 0 bridgehead atoms. The van der Waals surface area contributed by atoms with Crippen molar-refractivity contribution >= 4 is 28.2 Å². The molecule has 182 valence electrons. The van der Waals surface area contributed by atoms with Crippen LogP contribution in [0.25, 0.3) is 0 Å². The lowest BCUT2D eigenvalue weighted by atomic mass is 9.91. The van der Waals surface area contributed by atoms with Crippen LogP contribution in [-0.2, 0) is 21.1 Å². The summed E-state index contributed by atoms with van der Waals surface area (Å²) in [5, 5.41) is 2.68. The maximum atomic E-state index is 15.0. The molecular weight excluding hydrogens is 474 g/mol. The second-order valence-electron chi connectivity index (χ2n) is 8.54. The number of hydrogen-bond acceptors (Lipinski definition) is 6. The van der Waals surface area contributed by atoms with Gasteiger partial charge < -0.3 is 15.8 Å². The van der Waals surface area contributed by atoms with E-state index in [1.54, 1.807) is 26.0 Å². The Hall–Kier alpha value is -3.66. The summed E-state index contributed by atoms with van der Waals surface area (Å²) in [4.78, 5) is 21.2. The number of amides is 1. The predicted octanol–water partition coefficient (Wildman–Crippen LogP) is 3.87. The number of pyridine rings is 1. The molecular formula is C25H24F2N4O3S. The average molecular weight is 499 g/mol. The Bertz CT molecular complexity index is 1350. The van der Waals surface area contributed by atoms with Gasteiger partial charge in [-0.2, -0.15) is 0 Å². The molecule has 0 fully saturated rings. The zero-order valence-electron chi connectivity index (χ0n) is 19.3. The highest BCUT2D eigenvalue weighted by atomic mass is 32.2. The van der Waals surface area contributed by atoms with Gasteiger partial charge in [-0.25, -0.2) is 13.8 Å². The van der Waals surface area contributed by atoms with Gasteiger partial charge in [0.25, 0.3) is 5.91 Å². The van der Waals surface area contributed by atoms with E-state index in [1.165, 1.54) is 55.8 Å². The van der Waals surface area contributed by atoms with Gasteiger partial charge in [0.05, 0.1) is 24.6 Å². The number of amidine groups is 1. The maximum absolute atomic E-state index is 15.0. The number of carbonyl (C=O) groups is 1. The van der Waals surface area contributed by atoms with Crippen LogP contribution < -0.4 is 15.8 Å². The minimum absolute atomic E-state index is 0.00598. The number of benzene rings is 2. The SMILES string of the molecule is COc1ccc(C(=O)Nc2ccc(F)c([C@]3(C)CS(=O)[C@](C)(c4cccc(F)c4)C(N)=N3)c2)nc1. The number of nitrogens with zero attached hydrogens (tertiary/aromatic N) is 2. The molecule has 4 rings (SSSR count). The molecule has 0 aliphatic carbocycles. The Morgan fingerprint density at radius 2 is 1.91 bits per heavy atom. The molecule has 2 heterocycles. The number of halogens is 2. The largest absolute Gasteiger partial charge is 0.495 e. The van der Waals surface area contributed by atoms with Crippen molar-refractivity contribution in [1.82, 2.24) is 4.98 Å². The second kappa shape index (κ2) is 9.18. The zero-order valence-corrected chi connectivity index (χ0v) is 20.2. The number of carbonyl (C=O) groups excluding carboxylic acids is 1. The molecule has 7 nitrogen and oxygen atoms in total. The predicted molar refractivity (Wildman–Crippen MR) is 131 cm³/mol. The van der Waals surface area contributed by atoms with E-state index in [-0.39, 0.29) is 22.8 Å². The molecule has 35 heavy (non-hydrogen) atoms. The van der Waals surface area contributed by atoms with E-state index in [1.807, 2.05) is 0 Å². The van der Waals surface area contributed by atoms with Gasteiger partial charge in [0.2, 0.25) is 0 Å². The van der Waals surface area contributed by atoms with Gasteiger partial charge in [-0.3, -0.25) is 14.0 Å². The fraction of sp³-hybridized carbons (Fsp3) is 0.240. The van der Waals surface area contributed by atoms with Gasteiger partial charge in [0.15, 0.2) is 0 Å². The van der Waals surface area contributed by atoms with Gasteiger partial charge in [-0.1, -0.05) is 12.1 Å². The lowest BCUT2D eigenvalue weighted by molar-refractivity contribution is 0.102. The van der Waals surface area contributed by atoms with Crippen molar-refractivity contribution < 1.29 is 22.5 Å². The van der Waals surface area contributed by atoms with Gasteiger partial charge in [-0.15, -0.1) is 0 Å². The van der Waals surface area contributed by atoms with E-state index in [9.17, 15) is 17.8 Å². The van der Waals surface area contributed by atoms with E-state index >= 15 is 0 Å². The Labute approximate surface area is 203 Å². The summed E-state index contributed by atoms with van der Waals surface area (Å²) in [6.07, 6.45) is 1.41. The fourth-order valence-electron chi connectivity index (χ4n) is 3.97. The number of nitrogens with two attached hydrogens (primary N) is 1. The third kappa shape index (κ3) is 4.53. The molecule has 1 amide bonds. The van der Waals surface area contributed by atoms with E-state index < -0.39 is 38.6 Å². The third-order valence-corrected chi connectivity index (χ3v) is 8.29. The first-order valence-electron chi connectivity index (χ1n) is 10.7. The number of ether oxygens (including phenoxy) is 1. The molecule has 1 aromatic heterocycles. The quantitative estimate of drug-likeness (QED) is 0.556. The Balaban J connectivity index is 1.67. The van der Waals surface area contributed by atoms with Crippen LogP contribution in [0.5, 0.6) is 5.75 Å². The maximum Gasteiger partial charge on any atom is 0.274 e. The smallest absolute Gasteiger partial charge is 0.274 e. The number of nitrogens with one attached hydrogen (secondary N) is 1. The number of methoxy groups -OCH3 is 1.